The van der Waals surface area contributed by atoms with Gasteiger partial charge in [0.25, 0.3) is 0 Å². The van der Waals surface area contributed by atoms with E-state index in [0.717, 1.165) is 18.1 Å². The molecule has 1 unspecified atom stereocenters. The lowest BCUT2D eigenvalue weighted by Gasteiger charge is -2.40. The molecule has 0 fully saturated rings. The zero-order chi connectivity index (χ0) is 14.9. The van der Waals surface area contributed by atoms with Crippen molar-refractivity contribution < 1.29 is 9.47 Å². The molecule has 21 heavy (non-hydrogen) atoms. The van der Waals surface area contributed by atoms with Gasteiger partial charge in [-0.25, -0.2) is 0 Å². The molecule has 1 aliphatic carbocycles. The summed E-state index contributed by atoms with van der Waals surface area (Å²) in [7, 11) is 0. The predicted octanol–water partition coefficient (Wildman–Crippen LogP) is 3.74. The summed E-state index contributed by atoms with van der Waals surface area (Å²) in [6.45, 7) is 8.15. The number of hydrogen-bond donors (Lipinski definition) is 0. The van der Waals surface area contributed by atoms with E-state index in [1.165, 1.54) is 24.0 Å². The Balaban J connectivity index is 1.74. The largest absolute Gasteiger partial charge is 0.489 e. The zero-order valence-corrected chi connectivity index (χ0v) is 13.3. The van der Waals surface area contributed by atoms with Gasteiger partial charge >= 0.3 is 0 Å². The maximum absolute atomic E-state index is 5.84. The highest BCUT2D eigenvalue weighted by Crippen LogP contribution is 2.43. The van der Waals surface area contributed by atoms with Crippen molar-refractivity contribution >= 4 is 6.21 Å². The average Bonchev–Trinajstić information content (AvgIpc) is 2.98. The van der Waals surface area contributed by atoms with Crippen molar-refractivity contribution in [1.82, 2.24) is 0 Å². The molecule has 1 aromatic carbocycles. The number of aliphatic imine (C=N–C) groups is 1. The van der Waals surface area contributed by atoms with Crippen LogP contribution in [0.15, 0.2) is 23.2 Å². The third-order valence-corrected chi connectivity index (χ3v) is 5.07. The molecule has 0 N–H and O–H groups in total. The molecule has 0 amide bonds. The molecule has 2 aliphatic rings. The van der Waals surface area contributed by atoms with Crippen LogP contribution >= 0.6 is 0 Å². The van der Waals surface area contributed by atoms with E-state index < -0.39 is 0 Å². The van der Waals surface area contributed by atoms with Gasteiger partial charge in [-0.2, -0.15) is 0 Å². The van der Waals surface area contributed by atoms with Crippen molar-refractivity contribution in [2.75, 3.05) is 13.2 Å². The number of benzene rings is 1. The summed E-state index contributed by atoms with van der Waals surface area (Å²) in [5.41, 5.74) is 3.20. The van der Waals surface area contributed by atoms with Gasteiger partial charge in [-0.3, -0.25) is 4.99 Å². The van der Waals surface area contributed by atoms with Crippen LogP contribution in [-0.4, -0.2) is 25.7 Å². The molecule has 2 atom stereocenters. The predicted molar refractivity (Wildman–Crippen MR) is 85.3 cm³/mol. The summed E-state index contributed by atoms with van der Waals surface area (Å²) in [5.74, 6) is 1.71. The lowest BCUT2D eigenvalue weighted by atomic mass is 9.65. The highest BCUT2D eigenvalue weighted by molar-refractivity contribution is 5.60. The van der Waals surface area contributed by atoms with E-state index in [9.17, 15) is 0 Å². The van der Waals surface area contributed by atoms with E-state index in [0.29, 0.717) is 13.2 Å². The fourth-order valence-corrected chi connectivity index (χ4v) is 3.74. The van der Waals surface area contributed by atoms with Crippen molar-refractivity contribution in [3.05, 3.63) is 29.3 Å². The number of ether oxygens (including phenoxy) is 2. The normalized spacial score (nSPS) is 26.6. The van der Waals surface area contributed by atoms with E-state index in [-0.39, 0.29) is 11.6 Å². The van der Waals surface area contributed by atoms with Crippen LogP contribution in [0.3, 0.4) is 0 Å². The highest BCUT2D eigenvalue weighted by atomic mass is 16.5. The van der Waals surface area contributed by atoms with Crippen LogP contribution < -0.4 is 4.74 Å². The minimum atomic E-state index is -0.137. The monoisotopic (exact) mass is 287 g/mol. The Kier molecular flexibility index (Phi) is 4.03. The molecule has 3 nitrogen and oxygen atoms in total. The first-order valence-corrected chi connectivity index (χ1v) is 8.00. The third kappa shape index (κ3) is 2.84. The van der Waals surface area contributed by atoms with Gasteiger partial charge < -0.3 is 9.47 Å². The van der Waals surface area contributed by atoms with Crippen molar-refractivity contribution in [3.63, 3.8) is 0 Å². The first-order chi connectivity index (χ1) is 10.1. The Morgan fingerprint density at radius 3 is 2.95 bits per heavy atom. The fourth-order valence-electron chi connectivity index (χ4n) is 3.74. The van der Waals surface area contributed by atoms with Crippen molar-refractivity contribution in [2.24, 2.45) is 10.9 Å². The second kappa shape index (κ2) is 5.80. The molecule has 0 aromatic heterocycles. The Morgan fingerprint density at radius 1 is 1.38 bits per heavy atom. The van der Waals surface area contributed by atoms with Crippen LogP contribution in [0.1, 0.15) is 44.7 Å². The van der Waals surface area contributed by atoms with Crippen LogP contribution in [-0.2, 0) is 16.6 Å². The maximum Gasteiger partial charge on any atom is 0.182 e. The zero-order valence-electron chi connectivity index (χ0n) is 13.3. The number of rotatable bonds is 4. The van der Waals surface area contributed by atoms with E-state index in [1.54, 1.807) is 6.21 Å². The summed E-state index contributed by atoms with van der Waals surface area (Å²) in [6.07, 6.45) is 5.35. The minimum absolute atomic E-state index is 0.137. The molecule has 0 saturated carbocycles. The molecular weight excluding hydrogens is 262 g/mol. The van der Waals surface area contributed by atoms with Crippen LogP contribution in [0.2, 0.25) is 0 Å². The molecule has 0 spiro atoms. The van der Waals surface area contributed by atoms with E-state index in [1.807, 2.05) is 0 Å². The van der Waals surface area contributed by atoms with Gasteiger partial charge in [-0.15, -0.1) is 0 Å². The molecule has 1 aliphatic heterocycles. The lowest BCUT2D eigenvalue weighted by molar-refractivity contribution is 0.0655. The van der Waals surface area contributed by atoms with Gasteiger partial charge in [0.15, 0.2) is 6.23 Å². The van der Waals surface area contributed by atoms with Crippen LogP contribution in [0.25, 0.3) is 0 Å². The fraction of sp³-hybridized carbons (Fsp3) is 0.611. The minimum Gasteiger partial charge on any atom is -0.489 e. The first-order valence-electron chi connectivity index (χ1n) is 8.00. The standard InChI is InChI=1S/C18H25NO2/c1-4-14-6-5-13-11-15(7-8-16(13)18(14,2)3)21-12-17-19-9-10-20-17/h7-9,11,14,17H,4-6,10,12H2,1-3H3/t14?,17-/m0/s1. The van der Waals surface area contributed by atoms with E-state index in [4.69, 9.17) is 9.47 Å². The van der Waals surface area contributed by atoms with Crippen LogP contribution in [0, 0.1) is 5.92 Å². The average molecular weight is 287 g/mol. The Bertz CT molecular complexity index is 536. The molecule has 3 heteroatoms. The summed E-state index contributed by atoms with van der Waals surface area (Å²) in [4.78, 5) is 4.21. The second-order valence-corrected chi connectivity index (χ2v) is 6.62. The summed E-state index contributed by atoms with van der Waals surface area (Å²) < 4.78 is 11.2. The van der Waals surface area contributed by atoms with Crippen molar-refractivity contribution in [2.45, 2.75) is 51.7 Å². The summed E-state index contributed by atoms with van der Waals surface area (Å²) in [5, 5.41) is 0. The van der Waals surface area contributed by atoms with Gasteiger partial charge in [0.1, 0.15) is 12.4 Å². The van der Waals surface area contributed by atoms with Gasteiger partial charge in [0, 0.05) is 6.21 Å². The molecule has 0 radical (unpaired) electrons. The van der Waals surface area contributed by atoms with E-state index >= 15 is 0 Å². The van der Waals surface area contributed by atoms with Gasteiger partial charge in [0.05, 0.1) is 6.61 Å². The molecule has 0 saturated heterocycles. The van der Waals surface area contributed by atoms with Crippen molar-refractivity contribution in [1.29, 1.82) is 0 Å². The van der Waals surface area contributed by atoms with Gasteiger partial charge in [-0.1, -0.05) is 33.3 Å². The third-order valence-electron chi connectivity index (χ3n) is 5.07. The first kappa shape index (κ1) is 14.6. The number of nitrogens with zero attached hydrogens (tertiary/aromatic N) is 1. The maximum atomic E-state index is 5.84. The van der Waals surface area contributed by atoms with Gasteiger partial charge in [-0.05, 0) is 47.4 Å². The Morgan fingerprint density at radius 2 is 2.24 bits per heavy atom. The molecule has 0 bridgehead atoms. The molecule has 1 heterocycles. The second-order valence-electron chi connectivity index (χ2n) is 6.62. The smallest absolute Gasteiger partial charge is 0.182 e. The van der Waals surface area contributed by atoms with Gasteiger partial charge in [0.2, 0.25) is 0 Å². The molecule has 3 rings (SSSR count). The summed E-state index contributed by atoms with van der Waals surface area (Å²) in [6, 6.07) is 6.56. The Hall–Kier alpha value is -1.35. The Labute approximate surface area is 127 Å². The molecule has 114 valence electrons. The molecule has 1 aromatic rings. The SMILES string of the molecule is CCC1CCc2cc(OC[C@H]3N=CCO3)ccc2C1(C)C. The number of aryl methyl sites for hydroxylation is 1. The highest BCUT2D eigenvalue weighted by Gasteiger charge is 2.35. The molecular formula is C18H25NO2. The van der Waals surface area contributed by atoms with Crippen LogP contribution in [0.5, 0.6) is 5.75 Å². The number of fused-ring (bicyclic) bond motifs is 1. The quantitative estimate of drug-likeness (QED) is 0.844. The lowest BCUT2D eigenvalue weighted by Crippen LogP contribution is -2.33. The van der Waals surface area contributed by atoms with E-state index in [2.05, 4.69) is 44.0 Å². The van der Waals surface area contributed by atoms with Crippen molar-refractivity contribution in [3.8, 4) is 5.75 Å². The number of hydrogen-bond acceptors (Lipinski definition) is 3. The summed E-state index contributed by atoms with van der Waals surface area (Å²) >= 11 is 0. The topological polar surface area (TPSA) is 30.8 Å². The van der Waals surface area contributed by atoms with Crippen LogP contribution in [0.4, 0.5) is 0 Å².